The highest BCUT2D eigenvalue weighted by Crippen LogP contribution is 2.42. The Balaban J connectivity index is 1.70. The molecule has 3 rings (SSSR count). The first-order valence-corrected chi connectivity index (χ1v) is 7.32. The van der Waals surface area contributed by atoms with Gasteiger partial charge in [-0.2, -0.15) is 13.2 Å². The third kappa shape index (κ3) is 3.11. The van der Waals surface area contributed by atoms with E-state index in [0.29, 0.717) is 18.8 Å². The van der Waals surface area contributed by atoms with Gasteiger partial charge in [0.15, 0.2) is 6.61 Å². The SMILES string of the molecule is [B][C@@H]1CN2C(=O)N(c3ccc(OCC(F)(F)F)cc3)C[C@@]2(C)C1. The van der Waals surface area contributed by atoms with Crippen molar-refractivity contribution in [2.24, 2.45) is 0 Å². The van der Waals surface area contributed by atoms with Gasteiger partial charge in [0.2, 0.25) is 0 Å². The molecule has 2 aliphatic heterocycles. The van der Waals surface area contributed by atoms with Crippen LogP contribution in [0.15, 0.2) is 24.3 Å². The fourth-order valence-corrected chi connectivity index (χ4v) is 3.30. The maximum absolute atomic E-state index is 12.5. The average molecular weight is 324 g/mol. The van der Waals surface area contributed by atoms with Crippen LogP contribution in [0.5, 0.6) is 5.75 Å². The Labute approximate surface area is 133 Å². The zero-order chi connectivity index (χ0) is 16.8. The molecule has 0 aliphatic carbocycles. The molecule has 2 atom stereocenters. The van der Waals surface area contributed by atoms with Gasteiger partial charge in [0, 0.05) is 12.2 Å². The molecule has 4 nitrogen and oxygen atoms in total. The van der Waals surface area contributed by atoms with Crippen LogP contribution in [0.1, 0.15) is 13.3 Å². The van der Waals surface area contributed by atoms with E-state index in [1.165, 1.54) is 12.1 Å². The molecule has 1 aromatic carbocycles. The molecular formula is C15H16BF3N2O2. The first-order chi connectivity index (χ1) is 10.7. The van der Waals surface area contributed by atoms with Crippen molar-refractivity contribution in [1.29, 1.82) is 0 Å². The Kier molecular flexibility index (Phi) is 3.73. The number of carbonyl (C=O) groups excluding carboxylic acids is 1. The second-order valence-electron chi connectivity index (χ2n) is 6.34. The number of rotatable bonds is 3. The Morgan fingerprint density at radius 1 is 1.35 bits per heavy atom. The van der Waals surface area contributed by atoms with E-state index in [0.717, 1.165) is 6.42 Å². The molecule has 2 fully saturated rings. The topological polar surface area (TPSA) is 32.8 Å². The number of ether oxygens (including phenoxy) is 1. The smallest absolute Gasteiger partial charge is 0.422 e. The van der Waals surface area contributed by atoms with Crippen molar-refractivity contribution in [3.8, 4) is 5.75 Å². The molecule has 0 unspecified atom stereocenters. The van der Waals surface area contributed by atoms with Crippen LogP contribution in [0, 0.1) is 0 Å². The lowest BCUT2D eigenvalue weighted by Gasteiger charge is -2.24. The molecule has 2 radical (unpaired) electrons. The minimum Gasteiger partial charge on any atom is -0.484 e. The maximum atomic E-state index is 12.5. The van der Waals surface area contributed by atoms with E-state index in [1.807, 2.05) is 6.92 Å². The summed E-state index contributed by atoms with van der Waals surface area (Å²) >= 11 is 0. The van der Waals surface area contributed by atoms with Gasteiger partial charge < -0.3 is 9.64 Å². The molecule has 2 aliphatic rings. The molecule has 0 saturated carbocycles. The molecule has 0 aromatic heterocycles. The van der Waals surface area contributed by atoms with Gasteiger partial charge in [0.25, 0.3) is 0 Å². The van der Waals surface area contributed by atoms with Crippen LogP contribution < -0.4 is 9.64 Å². The first-order valence-electron chi connectivity index (χ1n) is 7.32. The van der Waals surface area contributed by atoms with Gasteiger partial charge in [-0.1, -0.05) is 5.82 Å². The normalized spacial score (nSPS) is 27.5. The van der Waals surface area contributed by atoms with Gasteiger partial charge in [-0.25, -0.2) is 4.79 Å². The highest BCUT2D eigenvalue weighted by atomic mass is 19.4. The van der Waals surface area contributed by atoms with Crippen LogP contribution in [0.4, 0.5) is 23.7 Å². The van der Waals surface area contributed by atoms with Gasteiger partial charge >= 0.3 is 12.2 Å². The molecule has 122 valence electrons. The summed E-state index contributed by atoms with van der Waals surface area (Å²) in [7, 11) is 5.92. The number of fused-ring (bicyclic) bond motifs is 1. The third-order valence-corrected chi connectivity index (χ3v) is 4.28. The number of nitrogens with zero attached hydrogens (tertiary/aromatic N) is 2. The fraction of sp³-hybridized carbons (Fsp3) is 0.533. The summed E-state index contributed by atoms with van der Waals surface area (Å²) in [5, 5.41) is 0. The summed E-state index contributed by atoms with van der Waals surface area (Å²) < 4.78 is 41.1. The molecular weight excluding hydrogens is 308 g/mol. The van der Waals surface area contributed by atoms with E-state index in [1.54, 1.807) is 21.9 Å². The molecule has 8 heteroatoms. The molecule has 1 aromatic rings. The summed E-state index contributed by atoms with van der Waals surface area (Å²) in [6.45, 7) is 1.71. The summed E-state index contributed by atoms with van der Waals surface area (Å²) in [5.41, 5.74) is 0.348. The predicted octanol–water partition coefficient (Wildman–Crippen LogP) is 2.99. The van der Waals surface area contributed by atoms with Crippen LogP contribution >= 0.6 is 0 Å². The number of carbonyl (C=O) groups is 1. The van der Waals surface area contributed by atoms with Crippen LogP contribution in [0.2, 0.25) is 5.82 Å². The Morgan fingerprint density at radius 2 is 2.00 bits per heavy atom. The zero-order valence-corrected chi connectivity index (χ0v) is 12.6. The van der Waals surface area contributed by atoms with Crippen LogP contribution in [0.3, 0.4) is 0 Å². The molecule has 0 spiro atoms. The van der Waals surface area contributed by atoms with Gasteiger partial charge in [-0.3, -0.25) is 4.90 Å². The summed E-state index contributed by atoms with van der Waals surface area (Å²) in [6, 6.07) is 5.94. The van der Waals surface area contributed by atoms with Crippen molar-refractivity contribution in [2.75, 3.05) is 24.6 Å². The molecule has 2 saturated heterocycles. The minimum absolute atomic E-state index is 0.00996. The summed E-state index contributed by atoms with van der Waals surface area (Å²) in [4.78, 5) is 15.9. The van der Waals surface area contributed by atoms with Gasteiger partial charge in [0.1, 0.15) is 5.75 Å². The number of anilines is 1. The van der Waals surface area contributed by atoms with Crippen molar-refractivity contribution in [1.82, 2.24) is 4.90 Å². The van der Waals surface area contributed by atoms with E-state index in [2.05, 4.69) is 4.74 Å². The van der Waals surface area contributed by atoms with Crippen molar-refractivity contribution >= 4 is 19.6 Å². The van der Waals surface area contributed by atoms with Crippen molar-refractivity contribution in [3.05, 3.63) is 24.3 Å². The fourth-order valence-electron chi connectivity index (χ4n) is 3.30. The number of alkyl halides is 3. The highest BCUT2D eigenvalue weighted by molar-refractivity contribution is 6.12. The van der Waals surface area contributed by atoms with Crippen LogP contribution in [-0.4, -0.2) is 50.2 Å². The lowest BCUT2D eigenvalue weighted by Crippen LogP contribution is -2.38. The molecule has 2 amide bonds. The van der Waals surface area contributed by atoms with Gasteiger partial charge in [-0.15, -0.1) is 0 Å². The molecule has 0 N–H and O–H groups in total. The quantitative estimate of drug-likeness (QED) is 0.801. The van der Waals surface area contributed by atoms with Crippen molar-refractivity contribution < 1.29 is 22.7 Å². The maximum Gasteiger partial charge on any atom is 0.422 e. The van der Waals surface area contributed by atoms with E-state index in [9.17, 15) is 18.0 Å². The third-order valence-electron chi connectivity index (χ3n) is 4.28. The summed E-state index contributed by atoms with van der Waals surface area (Å²) in [6.07, 6.45) is -3.64. The molecule has 0 bridgehead atoms. The highest BCUT2D eigenvalue weighted by Gasteiger charge is 2.51. The Morgan fingerprint density at radius 3 is 2.57 bits per heavy atom. The van der Waals surface area contributed by atoms with Crippen LogP contribution in [-0.2, 0) is 0 Å². The van der Waals surface area contributed by atoms with E-state index < -0.39 is 12.8 Å². The Hall–Kier alpha value is -1.86. The number of amides is 2. The predicted molar refractivity (Wildman–Crippen MR) is 80.0 cm³/mol. The average Bonchev–Trinajstić information content (AvgIpc) is 2.88. The number of urea groups is 1. The number of hydrogen-bond acceptors (Lipinski definition) is 2. The van der Waals surface area contributed by atoms with Gasteiger partial charge in [0.05, 0.1) is 19.9 Å². The second-order valence-corrected chi connectivity index (χ2v) is 6.34. The molecule has 23 heavy (non-hydrogen) atoms. The van der Waals surface area contributed by atoms with Crippen LogP contribution in [0.25, 0.3) is 0 Å². The number of benzene rings is 1. The lowest BCUT2D eigenvalue weighted by molar-refractivity contribution is -0.153. The Bertz CT molecular complexity index is 608. The zero-order valence-electron chi connectivity index (χ0n) is 12.6. The molecule has 2 heterocycles. The monoisotopic (exact) mass is 324 g/mol. The number of halogens is 3. The first kappa shape index (κ1) is 16.0. The van der Waals surface area contributed by atoms with Crippen molar-refractivity contribution in [2.45, 2.75) is 30.9 Å². The largest absolute Gasteiger partial charge is 0.484 e. The van der Waals surface area contributed by atoms with E-state index >= 15 is 0 Å². The van der Waals surface area contributed by atoms with Gasteiger partial charge in [-0.05, 0) is 37.6 Å². The lowest BCUT2D eigenvalue weighted by atomic mass is 9.82. The minimum atomic E-state index is -4.37. The summed E-state index contributed by atoms with van der Waals surface area (Å²) in [5.74, 6) is 0.107. The standard InChI is InChI=1S/C15H16BF3N2O2/c1-14-6-10(16)7-21(14)13(22)20(8-14)11-2-4-12(5-3-11)23-9-15(17,18)19/h2-5,10H,6-9H2,1H3/t10-,14+/m0/s1. The van der Waals surface area contributed by atoms with E-state index in [4.69, 9.17) is 7.85 Å². The van der Waals surface area contributed by atoms with E-state index in [-0.39, 0.29) is 23.1 Å². The second kappa shape index (κ2) is 5.35. The number of hydrogen-bond donors (Lipinski definition) is 0. The van der Waals surface area contributed by atoms with Crippen molar-refractivity contribution in [3.63, 3.8) is 0 Å².